The Bertz CT molecular complexity index is 124. The van der Waals surface area contributed by atoms with Gasteiger partial charge in [0.15, 0.2) is 6.29 Å². The molecule has 3 nitrogen and oxygen atoms in total. The van der Waals surface area contributed by atoms with E-state index in [0.29, 0.717) is 6.42 Å². The van der Waals surface area contributed by atoms with Crippen LogP contribution in [-0.4, -0.2) is 25.8 Å². The van der Waals surface area contributed by atoms with Crippen LogP contribution in [0.5, 0.6) is 0 Å². The average molecular weight is 144 g/mol. The van der Waals surface area contributed by atoms with Gasteiger partial charge in [-0.3, -0.25) is 0 Å². The molecule has 0 aromatic rings. The third kappa shape index (κ3) is 1.36. The number of carbonyl (C=O) groups is 1. The van der Waals surface area contributed by atoms with Crippen LogP contribution in [0.3, 0.4) is 0 Å². The van der Waals surface area contributed by atoms with Gasteiger partial charge in [-0.15, -0.1) is 0 Å². The molecule has 1 rings (SSSR count). The first-order valence-corrected chi connectivity index (χ1v) is 3.41. The summed E-state index contributed by atoms with van der Waals surface area (Å²) >= 11 is 0. The van der Waals surface area contributed by atoms with Gasteiger partial charge in [-0.1, -0.05) is 0 Å². The summed E-state index contributed by atoms with van der Waals surface area (Å²) in [6.07, 6.45) is 1.47. The molecule has 0 radical (unpaired) electrons. The third-order valence-electron chi connectivity index (χ3n) is 1.87. The molecule has 0 saturated carbocycles. The quantitative estimate of drug-likeness (QED) is 0.532. The van der Waals surface area contributed by atoms with E-state index in [1.165, 1.54) is 0 Å². The fraction of sp³-hybridized carbons (Fsp3) is 0.857. The van der Waals surface area contributed by atoms with Crippen molar-refractivity contribution in [2.45, 2.75) is 25.7 Å². The first-order valence-electron chi connectivity index (χ1n) is 3.41. The molecular weight excluding hydrogens is 132 g/mol. The molecule has 10 heavy (non-hydrogen) atoms. The molecule has 0 bridgehead atoms. The van der Waals surface area contributed by atoms with Crippen LogP contribution in [0, 0.1) is 5.92 Å². The number of ether oxygens (including phenoxy) is 2. The Morgan fingerprint density at radius 3 is 2.70 bits per heavy atom. The van der Waals surface area contributed by atoms with Gasteiger partial charge in [-0.25, -0.2) is 0 Å². The number of hydrogen-bond donors (Lipinski definition) is 0. The summed E-state index contributed by atoms with van der Waals surface area (Å²) in [4.78, 5) is 10.3. The molecule has 0 spiro atoms. The van der Waals surface area contributed by atoms with Crippen molar-refractivity contribution in [1.29, 1.82) is 0 Å². The van der Waals surface area contributed by atoms with Crippen molar-refractivity contribution in [2.24, 2.45) is 5.92 Å². The molecule has 0 aliphatic carbocycles. The maximum atomic E-state index is 10.3. The summed E-state index contributed by atoms with van der Waals surface area (Å²) in [5.41, 5.74) is 0. The molecule has 0 amide bonds. The standard InChI is InChI=1S/C7H12O3/c1-5-6(4-8)3-7(9-2)10-5/h4-7H,3H2,1-2H3/t5-,6-,7-/m0/s1. The second-order valence-corrected chi connectivity index (χ2v) is 2.54. The van der Waals surface area contributed by atoms with Gasteiger partial charge in [0.1, 0.15) is 6.29 Å². The van der Waals surface area contributed by atoms with E-state index >= 15 is 0 Å². The second-order valence-electron chi connectivity index (χ2n) is 2.54. The smallest absolute Gasteiger partial charge is 0.158 e. The average Bonchev–Trinajstić information content (AvgIpc) is 2.30. The number of carbonyl (C=O) groups excluding carboxylic acids is 1. The van der Waals surface area contributed by atoms with Crippen LogP contribution in [0.25, 0.3) is 0 Å². The lowest BCUT2D eigenvalue weighted by Crippen LogP contribution is -2.12. The Labute approximate surface area is 60.3 Å². The highest BCUT2D eigenvalue weighted by Crippen LogP contribution is 2.24. The van der Waals surface area contributed by atoms with Gasteiger partial charge in [0.05, 0.1) is 6.10 Å². The van der Waals surface area contributed by atoms with E-state index in [9.17, 15) is 4.79 Å². The van der Waals surface area contributed by atoms with Crippen LogP contribution in [0.15, 0.2) is 0 Å². The first kappa shape index (κ1) is 7.69. The summed E-state index contributed by atoms with van der Waals surface area (Å²) in [6.45, 7) is 1.89. The lowest BCUT2D eigenvalue weighted by molar-refractivity contribution is -0.116. The minimum Gasteiger partial charge on any atom is -0.356 e. The van der Waals surface area contributed by atoms with E-state index < -0.39 is 0 Å². The monoisotopic (exact) mass is 144 g/mol. The van der Waals surface area contributed by atoms with Gasteiger partial charge >= 0.3 is 0 Å². The van der Waals surface area contributed by atoms with Crippen LogP contribution in [-0.2, 0) is 14.3 Å². The topological polar surface area (TPSA) is 35.5 Å². The fourth-order valence-electron chi connectivity index (χ4n) is 1.13. The maximum Gasteiger partial charge on any atom is 0.158 e. The minimum atomic E-state index is -0.176. The zero-order valence-electron chi connectivity index (χ0n) is 6.24. The van der Waals surface area contributed by atoms with Crippen molar-refractivity contribution >= 4 is 6.29 Å². The lowest BCUT2D eigenvalue weighted by atomic mass is 10.1. The highest BCUT2D eigenvalue weighted by atomic mass is 16.7. The van der Waals surface area contributed by atoms with E-state index in [0.717, 1.165) is 6.29 Å². The van der Waals surface area contributed by atoms with Crippen LogP contribution >= 0.6 is 0 Å². The van der Waals surface area contributed by atoms with E-state index in [-0.39, 0.29) is 18.3 Å². The van der Waals surface area contributed by atoms with Gasteiger partial charge in [0.25, 0.3) is 0 Å². The molecule has 1 heterocycles. The predicted octanol–water partition coefficient (Wildman–Crippen LogP) is 0.583. The summed E-state index contributed by atoms with van der Waals surface area (Å²) in [7, 11) is 1.59. The van der Waals surface area contributed by atoms with Gasteiger partial charge < -0.3 is 14.3 Å². The molecule has 3 atom stereocenters. The number of rotatable bonds is 2. The van der Waals surface area contributed by atoms with Crippen LogP contribution < -0.4 is 0 Å². The molecule has 1 aliphatic rings. The molecule has 0 aromatic carbocycles. The van der Waals surface area contributed by atoms with E-state index in [1.807, 2.05) is 6.92 Å². The van der Waals surface area contributed by atoms with Gasteiger partial charge in [0.2, 0.25) is 0 Å². The first-order chi connectivity index (χ1) is 4.77. The van der Waals surface area contributed by atoms with Crippen LogP contribution in [0.4, 0.5) is 0 Å². The zero-order valence-corrected chi connectivity index (χ0v) is 6.24. The fourth-order valence-corrected chi connectivity index (χ4v) is 1.13. The molecule has 3 heteroatoms. The van der Waals surface area contributed by atoms with E-state index in [4.69, 9.17) is 9.47 Å². The molecule has 0 aromatic heterocycles. The maximum absolute atomic E-state index is 10.3. The third-order valence-corrected chi connectivity index (χ3v) is 1.87. The molecular formula is C7H12O3. The van der Waals surface area contributed by atoms with Crippen molar-refractivity contribution in [2.75, 3.05) is 7.11 Å². The molecule has 1 aliphatic heterocycles. The van der Waals surface area contributed by atoms with Gasteiger partial charge in [-0.2, -0.15) is 0 Å². The summed E-state index contributed by atoms with van der Waals surface area (Å²) in [6, 6.07) is 0. The summed E-state index contributed by atoms with van der Waals surface area (Å²) in [5.74, 6) is 0.0185. The van der Waals surface area contributed by atoms with Crippen molar-refractivity contribution < 1.29 is 14.3 Å². The highest BCUT2D eigenvalue weighted by Gasteiger charge is 2.31. The van der Waals surface area contributed by atoms with Crippen molar-refractivity contribution in [3.05, 3.63) is 0 Å². The summed E-state index contributed by atoms with van der Waals surface area (Å²) in [5, 5.41) is 0. The van der Waals surface area contributed by atoms with Gasteiger partial charge in [-0.05, 0) is 6.92 Å². The SMILES string of the molecule is CO[C@@H]1C[C@@H](C=O)[C@H](C)O1. The molecule has 1 saturated heterocycles. The zero-order chi connectivity index (χ0) is 7.56. The Hall–Kier alpha value is -0.410. The van der Waals surface area contributed by atoms with Crippen molar-refractivity contribution in [1.82, 2.24) is 0 Å². The van der Waals surface area contributed by atoms with Crippen molar-refractivity contribution in [3.63, 3.8) is 0 Å². The van der Waals surface area contributed by atoms with E-state index in [1.54, 1.807) is 7.11 Å². The Morgan fingerprint density at radius 2 is 2.40 bits per heavy atom. The Morgan fingerprint density at radius 1 is 1.70 bits per heavy atom. The molecule has 1 fully saturated rings. The molecule has 0 N–H and O–H groups in total. The van der Waals surface area contributed by atoms with E-state index in [2.05, 4.69) is 0 Å². The van der Waals surface area contributed by atoms with Crippen LogP contribution in [0.2, 0.25) is 0 Å². The van der Waals surface area contributed by atoms with Gasteiger partial charge in [0, 0.05) is 19.4 Å². The molecule has 58 valence electrons. The largest absolute Gasteiger partial charge is 0.356 e. The van der Waals surface area contributed by atoms with Crippen LogP contribution in [0.1, 0.15) is 13.3 Å². The van der Waals surface area contributed by atoms with Crippen molar-refractivity contribution in [3.8, 4) is 0 Å². The number of aldehydes is 1. The minimum absolute atomic E-state index is 0.0162. The number of hydrogen-bond acceptors (Lipinski definition) is 3. The lowest BCUT2D eigenvalue weighted by Gasteiger charge is -2.06. The Kier molecular flexibility index (Phi) is 2.40. The second kappa shape index (κ2) is 3.12. The predicted molar refractivity (Wildman–Crippen MR) is 35.5 cm³/mol. The molecule has 0 unspecified atom stereocenters. The highest BCUT2D eigenvalue weighted by molar-refractivity contribution is 5.54. The Balaban J connectivity index is 2.43. The normalized spacial score (nSPS) is 40.0. The summed E-state index contributed by atoms with van der Waals surface area (Å²) < 4.78 is 10.2. The number of methoxy groups -OCH3 is 1.